The van der Waals surface area contributed by atoms with Gasteiger partial charge in [-0.05, 0) is 61.7 Å². The molecule has 0 saturated carbocycles. The zero-order valence-corrected chi connectivity index (χ0v) is 18.2. The highest BCUT2D eigenvalue weighted by Gasteiger charge is 2.46. The van der Waals surface area contributed by atoms with Crippen LogP contribution in [0.1, 0.15) is 36.2 Å². The van der Waals surface area contributed by atoms with Crippen molar-refractivity contribution in [2.75, 3.05) is 11.4 Å². The quantitative estimate of drug-likeness (QED) is 0.567. The smallest absolute Gasteiger partial charge is 0.251 e. The second-order valence-electron chi connectivity index (χ2n) is 8.11. The number of halogens is 2. The predicted octanol–water partition coefficient (Wildman–Crippen LogP) is 5.03. The number of aromatic nitrogens is 1. The number of rotatable bonds is 2. The van der Waals surface area contributed by atoms with Crippen LogP contribution in [0.3, 0.4) is 0 Å². The van der Waals surface area contributed by atoms with E-state index >= 15 is 0 Å². The first-order chi connectivity index (χ1) is 14.3. The number of benzene rings is 2. The van der Waals surface area contributed by atoms with Gasteiger partial charge >= 0.3 is 0 Å². The van der Waals surface area contributed by atoms with Crippen LogP contribution in [-0.2, 0) is 16.0 Å². The summed E-state index contributed by atoms with van der Waals surface area (Å²) >= 11 is 12.5. The third kappa shape index (κ3) is 2.96. The lowest BCUT2D eigenvalue weighted by Crippen LogP contribution is -2.46. The molecule has 3 aromatic rings. The van der Waals surface area contributed by atoms with Gasteiger partial charge in [0.15, 0.2) is 0 Å². The Morgan fingerprint density at radius 1 is 1.10 bits per heavy atom. The number of aryl methyl sites for hydroxylation is 1. The van der Waals surface area contributed by atoms with E-state index in [4.69, 9.17) is 23.2 Å². The molecule has 2 unspecified atom stereocenters. The van der Waals surface area contributed by atoms with Crippen LogP contribution in [0.4, 0.5) is 5.69 Å². The van der Waals surface area contributed by atoms with Crippen molar-refractivity contribution in [1.82, 2.24) is 9.88 Å². The Morgan fingerprint density at radius 2 is 1.90 bits per heavy atom. The Kier molecular flexibility index (Phi) is 4.65. The number of hydrogen-bond acceptors (Lipinski definition) is 3. The first kappa shape index (κ1) is 19.6. The van der Waals surface area contributed by atoms with Gasteiger partial charge in [0.1, 0.15) is 0 Å². The molecule has 1 aromatic heterocycles. The Hall–Kier alpha value is -2.34. The molecule has 2 aliphatic heterocycles. The Morgan fingerprint density at radius 3 is 2.67 bits per heavy atom. The molecule has 1 N–H and O–H groups in total. The number of anilines is 1. The minimum absolute atomic E-state index is 0.0184. The number of carbonyl (C=O) groups is 2. The standard InChI is InChI=1S/C23H21Cl2N3O2/c1-12-3-6-19(17(25)9-12)28-21(29)11-20(23(28)30)27-8-7-15-16-10-14(24)4-5-18(16)26-22(15)13(27)2/h3-6,9-10,13,20,26H,7-8,11H2,1-2H3. The lowest BCUT2D eigenvalue weighted by molar-refractivity contribution is -0.123. The van der Waals surface area contributed by atoms with Gasteiger partial charge in [0.2, 0.25) is 5.91 Å². The van der Waals surface area contributed by atoms with E-state index < -0.39 is 6.04 Å². The van der Waals surface area contributed by atoms with Crippen LogP contribution >= 0.6 is 23.2 Å². The van der Waals surface area contributed by atoms with E-state index in [1.807, 2.05) is 31.2 Å². The van der Waals surface area contributed by atoms with Crippen molar-refractivity contribution in [3.8, 4) is 0 Å². The Balaban J connectivity index is 1.47. The molecule has 154 valence electrons. The van der Waals surface area contributed by atoms with Gasteiger partial charge in [0.25, 0.3) is 5.91 Å². The molecule has 0 radical (unpaired) electrons. The molecule has 2 atom stereocenters. The van der Waals surface area contributed by atoms with Gasteiger partial charge in [-0.2, -0.15) is 0 Å². The van der Waals surface area contributed by atoms with Crippen molar-refractivity contribution in [1.29, 1.82) is 0 Å². The second-order valence-corrected chi connectivity index (χ2v) is 8.96. The number of nitrogens with zero attached hydrogens (tertiary/aromatic N) is 2. The fourth-order valence-electron chi connectivity index (χ4n) is 4.81. The summed E-state index contributed by atoms with van der Waals surface area (Å²) in [6.07, 6.45) is 0.956. The third-order valence-corrected chi connectivity index (χ3v) is 6.84. The van der Waals surface area contributed by atoms with Gasteiger partial charge in [0.05, 0.1) is 23.2 Å². The van der Waals surface area contributed by atoms with Crippen molar-refractivity contribution in [2.45, 2.75) is 38.8 Å². The molecule has 5 rings (SSSR count). The third-order valence-electron chi connectivity index (χ3n) is 6.30. The van der Waals surface area contributed by atoms with Crippen LogP contribution in [0.15, 0.2) is 36.4 Å². The van der Waals surface area contributed by atoms with E-state index in [-0.39, 0.29) is 24.3 Å². The summed E-state index contributed by atoms with van der Waals surface area (Å²) in [6.45, 7) is 4.70. The molecular weight excluding hydrogens is 421 g/mol. The van der Waals surface area contributed by atoms with Crippen LogP contribution in [0, 0.1) is 6.92 Å². The summed E-state index contributed by atoms with van der Waals surface area (Å²) in [7, 11) is 0. The van der Waals surface area contributed by atoms with Gasteiger partial charge < -0.3 is 4.98 Å². The van der Waals surface area contributed by atoms with Crippen LogP contribution in [0.2, 0.25) is 10.0 Å². The zero-order chi connectivity index (χ0) is 21.2. The largest absolute Gasteiger partial charge is 0.357 e. The molecule has 2 aromatic carbocycles. The van der Waals surface area contributed by atoms with E-state index in [0.717, 1.165) is 28.6 Å². The average molecular weight is 442 g/mol. The number of aromatic amines is 1. The van der Waals surface area contributed by atoms with Crippen molar-refractivity contribution < 1.29 is 9.59 Å². The maximum atomic E-state index is 13.3. The number of H-pyrrole nitrogens is 1. The fraction of sp³-hybridized carbons (Fsp3) is 0.304. The lowest BCUT2D eigenvalue weighted by Gasteiger charge is -2.36. The number of hydrogen-bond donors (Lipinski definition) is 1. The first-order valence-electron chi connectivity index (χ1n) is 10.0. The summed E-state index contributed by atoms with van der Waals surface area (Å²) < 4.78 is 0. The molecule has 0 aliphatic carbocycles. The molecule has 30 heavy (non-hydrogen) atoms. The normalized spacial score (nSPS) is 22.2. The molecule has 1 fully saturated rings. The highest BCUT2D eigenvalue weighted by molar-refractivity contribution is 6.36. The van der Waals surface area contributed by atoms with Gasteiger partial charge in [-0.15, -0.1) is 0 Å². The molecule has 7 heteroatoms. The summed E-state index contributed by atoms with van der Waals surface area (Å²) in [4.78, 5) is 33.0. The molecule has 2 aliphatic rings. The SMILES string of the molecule is Cc1ccc(N2C(=O)CC(N3CCc4c([nH]c5ccc(Cl)cc45)C3C)C2=O)c(Cl)c1. The monoisotopic (exact) mass is 441 g/mol. The summed E-state index contributed by atoms with van der Waals surface area (Å²) in [5, 5.41) is 2.26. The van der Waals surface area contributed by atoms with Gasteiger partial charge in [0, 0.05) is 34.2 Å². The molecule has 2 amide bonds. The van der Waals surface area contributed by atoms with E-state index in [9.17, 15) is 9.59 Å². The van der Waals surface area contributed by atoms with Crippen molar-refractivity contribution in [3.05, 3.63) is 63.3 Å². The number of carbonyl (C=O) groups excluding carboxylic acids is 2. The molecule has 0 bridgehead atoms. The molecule has 1 saturated heterocycles. The fourth-order valence-corrected chi connectivity index (χ4v) is 5.31. The predicted molar refractivity (Wildman–Crippen MR) is 119 cm³/mol. The minimum Gasteiger partial charge on any atom is -0.357 e. The highest BCUT2D eigenvalue weighted by atomic mass is 35.5. The van der Waals surface area contributed by atoms with Gasteiger partial charge in [-0.25, -0.2) is 4.90 Å². The van der Waals surface area contributed by atoms with E-state index in [1.165, 1.54) is 10.5 Å². The van der Waals surface area contributed by atoms with Gasteiger partial charge in [-0.1, -0.05) is 29.3 Å². The molecule has 3 heterocycles. The Bertz CT molecular complexity index is 1200. The zero-order valence-electron chi connectivity index (χ0n) is 16.7. The number of imide groups is 1. The minimum atomic E-state index is -0.493. The number of nitrogens with one attached hydrogen (secondary N) is 1. The van der Waals surface area contributed by atoms with E-state index in [1.54, 1.807) is 12.1 Å². The lowest BCUT2D eigenvalue weighted by atomic mass is 9.96. The van der Waals surface area contributed by atoms with Crippen molar-refractivity contribution in [2.24, 2.45) is 0 Å². The van der Waals surface area contributed by atoms with Crippen molar-refractivity contribution >= 4 is 51.6 Å². The second kappa shape index (κ2) is 7.12. The summed E-state index contributed by atoms with van der Waals surface area (Å²) in [5.74, 6) is -0.419. The average Bonchev–Trinajstić information content (AvgIpc) is 3.20. The number of amides is 2. The van der Waals surface area contributed by atoms with Crippen LogP contribution in [-0.4, -0.2) is 34.3 Å². The van der Waals surface area contributed by atoms with Crippen LogP contribution in [0.25, 0.3) is 10.9 Å². The Labute approximate surface area is 184 Å². The molecule has 0 spiro atoms. The van der Waals surface area contributed by atoms with Gasteiger partial charge in [-0.3, -0.25) is 14.5 Å². The molecular formula is C23H21Cl2N3O2. The van der Waals surface area contributed by atoms with Crippen LogP contribution in [0.5, 0.6) is 0 Å². The number of fused-ring (bicyclic) bond motifs is 3. The van der Waals surface area contributed by atoms with E-state index in [0.29, 0.717) is 22.3 Å². The maximum absolute atomic E-state index is 13.3. The summed E-state index contributed by atoms with van der Waals surface area (Å²) in [5.41, 5.74) is 4.82. The van der Waals surface area contributed by atoms with Crippen molar-refractivity contribution in [3.63, 3.8) is 0 Å². The van der Waals surface area contributed by atoms with Crippen LogP contribution < -0.4 is 4.90 Å². The van der Waals surface area contributed by atoms with E-state index in [2.05, 4.69) is 16.8 Å². The maximum Gasteiger partial charge on any atom is 0.251 e. The first-order valence-corrected chi connectivity index (χ1v) is 10.8. The summed E-state index contributed by atoms with van der Waals surface area (Å²) in [6, 6.07) is 10.7. The topological polar surface area (TPSA) is 56.4 Å². The highest BCUT2D eigenvalue weighted by Crippen LogP contribution is 2.39. The molecule has 5 nitrogen and oxygen atoms in total.